The standard InChI is InChI=1S/C15H15Cl2NO2/c16-11-2-7-14(17)15(10-11)20-9-1-8-19-13-5-3-12(18)4-6-13/h2-7,10H,1,8-9,18H2. The lowest BCUT2D eigenvalue weighted by molar-refractivity contribution is 0.247. The van der Waals surface area contributed by atoms with Gasteiger partial charge in [0.1, 0.15) is 11.5 Å². The van der Waals surface area contributed by atoms with Crippen LogP contribution in [0.1, 0.15) is 6.42 Å². The summed E-state index contributed by atoms with van der Waals surface area (Å²) in [7, 11) is 0. The Morgan fingerprint density at radius 3 is 2.35 bits per heavy atom. The second kappa shape index (κ2) is 7.27. The van der Waals surface area contributed by atoms with Gasteiger partial charge in [0.05, 0.1) is 18.2 Å². The first kappa shape index (κ1) is 14.8. The molecule has 0 aromatic heterocycles. The van der Waals surface area contributed by atoms with Gasteiger partial charge in [0.25, 0.3) is 0 Å². The van der Waals surface area contributed by atoms with Gasteiger partial charge >= 0.3 is 0 Å². The fraction of sp³-hybridized carbons (Fsp3) is 0.200. The van der Waals surface area contributed by atoms with Gasteiger partial charge in [-0.3, -0.25) is 0 Å². The zero-order valence-corrected chi connectivity index (χ0v) is 12.3. The molecule has 0 spiro atoms. The van der Waals surface area contributed by atoms with Crippen LogP contribution in [0.4, 0.5) is 5.69 Å². The molecule has 2 rings (SSSR count). The number of halogens is 2. The predicted molar refractivity (Wildman–Crippen MR) is 82.9 cm³/mol. The van der Waals surface area contributed by atoms with E-state index in [2.05, 4.69) is 0 Å². The maximum atomic E-state index is 5.99. The number of hydrogen-bond acceptors (Lipinski definition) is 3. The minimum absolute atomic E-state index is 0.509. The highest BCUT2D eigenvalue weighted by molar-refractivity contribution is 6.34. The van der Waals surface area contributed by atoms with Crippen molar-refractivity contribution in [3.05, 3.63) is 52.5 Å². The summed E-state index contributed by atoms with van der Waals surface area (Å²) < 4.78 is 11.1. The van der Waals surface area contributed by atoms with E-state index < -0.39 is 0 Å². The van der Waals surface area contributed by atoms with Gasteiger partial charge in [-0.25, -0.2) is 0 Å². The first-order chi connectivity index (χ1) is 9.65. The Hall–Kier alpha value is -1.58. The zero-order chi connectivity index (χ0) is 14.4. The van der Waals surface area contributed by atoms with Crippen molar-refractivity contribution in [2.75, 3.05) is 18.9 Å². The molecule has 0 saturated carbocycles. The third-order valence-corrected chi connectivity index (χ3v) is 3.14. The minimum Gasteiger partial charge on any atom is -0.493 e. The van der Waals surface area contributed by atoms with Crippen molar-refractivity contribution in [1.29, 1.82) is 0 Å². The van der Waals surface area contributed by atoms with Gasteiger partial charge in [-0.1, -0.05) is 23.2 Å². The van der Waals surface area contributed by atoms with Crippen molar-refractivity contribution in [2.24, 2.45) is 0 Å². The first-order valence-corrected chi connectivity index (χ1v) is 6.97. The van der Waals surface area contributed by atoms with Gasteiger partial charge < -0.3 is 15.2 Å². The van der Waals surface area contributed by atoms with E-state index in [0.29, 0.717) is 29.0 Å². The second-order valence-corrected chi connectivity index (χ2v) is 5.04. The van der Waals surface area contributed by atoms with Crippen LogP contribution in [0.3, 0.4) is 0 Å². The summed E-state index contributed by atoms with van der Waals surface area (Å²) in [5.74, 6) is 1.38. The van der Waals surface area contributed by atoms with Crippen LogP contribution >= 0.6 is 23.2 Å². The lowest BCUT2D eigenvalue weighted by Gasteiger charge is -2.09. The van der Waals surface area contributed by atoms with Crippen molar-refractivity contribution in [3.63, 3.8) is 0 Å². The number of benzene rings is 2. The molecule has 106 valence electrons. The van der Waals surface area contributed by atoms with Gasteiger partial charge in [0.2, 0.25) is 0 Å². The monoisotopic (exact) mass is 311 g/mol. The molecule has 20 heavy (non-hydrogen) atoms. The molecule has 5 heteroatoms. The smallest absolute Gasteiger partial charge is 0.139 e. The molecule has 0 amide bonds. The Kier molecular flexibility index (Phi) is 5.39. The van der Waals surface area contributed by atoms with E-state index in [4.69, 9.17) is 38.4 Å². The minimum atomic E-state index is 0.509. The normalized spacial score (nSPS) is 10.3. The highest BCUT2D eigenvalue weighted by Gasteiger charge is 2.02. The molecule has 0 saturated heterocycles. The summed E-state index contributed by atoms with van der Waals surface area (Å²) in [6.07, 6.45) is 0.743. The van der Waals surface area contributed by atoms with Crippen LogP contribution in [0.15, 0.2) is 42.5 Å². The summed E-state index contributed by atoms with van der Waals surface area (Å²) in [6, 6.07) is 12.4. The lowest BCUT2D eigenvalue weighted by Crippen LogP contribution is -2.05. The number of anilines is 1. The quantitative estimate of drug-likeness (QED) is 0.634. The van der Waals surface area contributed by atoms with Crippen LogP contribution in [0, 0.1) is 0 Å². The van der Waals surface area contributed by atoms with Crippen LogP contribution in [0.25, 0.3) is 0 Å². The van der Waals surface area contributed by atoms with Gasteiger partial charge in [0.15, 0.2) is 0 Å². The number of nitrogens with two attached hydrogens (primary N) is 1. The Morgan fingerprint density at radius 2 is 1.60 bits per heavy atom. The van der Waals surface area contributed by atoms with Crippen molar-refractivity contribution < 1.29 is 9.47 Å². The fourth-order valence-electron chi connectivity index (χ4n) is 1.58. The summed E-state index contributed by atoms with van der Waals surface area (Å²) in [5.41, 5.74) is 6.31. The molecule has 2 aromatic rings. The van der Waals surface area contributed by atoms with Crippen LogP contribution < -0.4 is 15.2 Å². The highest BCUT2D eigenvalue weighted by Crippen LogP contribution is 2.27. The van der Waals surface area contributed by atoms with Crippen molar-refractivity contribution >= 4 is 28.9 Å². The summed E-state index contributed by atoms with van der Waals surface area (Å²) in [4.78, 5) is 0. The van der Waals surface area contributed by atoms with E-state index >= 15 is 0 Å². The molecular formula is C15H15Cl2NO2. The highest BCUT2D eigenvalue weighted by atomic mass is 35.5. The Labute approximate surface area is 128 Å². The van der Waals surface area contributed by atoms with Gasteiger partial charge in [0, 0.05) is 23.2 Å². The average molecular weight is 312 g/mol. The largest absolute Gasteiger partial charge is 0.493 e. The molecule has 3 nitrogen and oxygen atoms in total. The topological polar surface area (TPSA) is 44.5 Å². The third kappa shape index (κ3) is 4.51. The van der Waals surface area contributed by atoms with Gasteiger partial charge in [-0.15, -0.1) is 0 Å². The van der Waals surface area contributed by atoms with E-state index in [1.807, 2.05) is 12.1 Å². The Balaban J connectivity index is 1.71. The summed E-state index contributed by atoms with van der Waals surface area (Å²) in [5, 5.41) is 1.15. The van der Waals surface area contributed by atoms with E-state index in [1.54, 1.807) is 30.3 Å². The zero-order valence-electron chi connectivity index (χ0n) is 10.8. The number of hydrogen-bond donors (Lipinski definition) is 1. The molecule has 0 aliphatic heterocycles. The summed E-state index contributed by atoms with van der Waals surface area (Å²) in [6.45, 7) is 1.07. The molecule has 2 aromatic carbocycles. The first-order valence-electron chi connectivity index (χ1n) is 6.21. The predicted octanol–water partition coefficient (Wildman–Crippen LogP) is 4.42. The molecule has 2 N–H and O–H groups in total. The molecule has 0 aliphatic carbocycles. The SMILES string of the molecule is Nc1ccc(OCCCOc2cc(Cl)ccc2Cl)cc1. The van der Waals surface area contributed by atoms with Gasteiger partial charge in [-0.05, 0) is 36.4 Å². The van der Waals surface area contributed by atoms with Crippen LogP contribution in [0.2, 0.25) is 10.0 Å². The lowest BCUT2D eigenvalue weighted by atomic mass is 10.3. The molecule has 0 heterocycles. The van der Waals surface area contributed by atoms with Gasteiger partial charge in [-0.2, -0.15) is 0 Å². The van der Waals surface area contributed by atoms with E-state index in [1.165, 1.54) is 0 Å². The Morgan fingerprint density at radius 1 is 0.900 bits per heavy atom. The maximum Gasteiger partial charge on any atom is 0.139 e. The molecule has 0 aliphatic rings. The third-order valence-electron chi connectivity index (χ3n) is 2.59. The van der Waals surface area contributed by atoms with Crippen LogP contribution in [0.5, 0.6) is 11.5 Å². The van der Waals surface area contributed by atoms with Crippen LogP contribution in [-0.2, 0) is 0 Å². The Bertz CT molecular complexity index is 558. The number of rotatable bonds is 6. The summed E-state index contributed by atoms with van der Waals surface area (Å²) >= 11 is 11.9. The second-order valence-electron chi connectivity index (χ2n) is 4.19. The fourth-order valence-corrected chi connectivity index (χ4v) is 1.92. The van der Waals surface area contributed by atoms with Crippen molar-refractivity contribution in [3.8, 4) is 11.5 Å². The van der Waals surface area contributed by atoms with Crippen LogP contribution in [-0.4, -0.2) is 13.2 Å². The van der Waals surface area contributed by atoms with Crippen molar-refractivity contribution in [1.82, 2.24) is 0 Å². The molecule has 0 atom stereocenters. The molecule has 0 bridgehead atoms. The molecule has 0 radical (unpaired) electrons. The van der Waals surface area contributed by atoms with E-state index in [9.17, 15) is 0 Å². The molecule has 0 fully saturated rings. The maximum absolute atomic E-state index is 5.99. The average Bonchev–Trinajstić information content (AvgIpc) is 2.44. The van der Waals surface area contributed by atoms with Crippen molar-refractivity contribution in [2.45, 2.75) is 6.42 Å². The number of ether oxygens (including phenoxy) is 2. The van der Waals surface area contributed by atoms with E-state index in [0.717, 1.165) is 17.9 Å². The number of nitrogen functional groups attached to an aromatic ring is 1. The molecular weight excluding hydrogens is 297 g/mol. The van der Waals surface area contributed by atoms with E-state index in [-0.39, 0.29) is 0 Å². The molecule has 0 unspecified atom stereocenters.